The van der Waals surface area contributed by atoms with Gasteiger partial charge in [0.05, 0.1) is 6.33 Å². The number of hydrogen-bond donors (Lipinski definition) is 1. The molecule has 0 saturated carbocycles. The maximum atomic E-state index is 12.3. The molecule has 0 bridgehead atoms. The summed E-state index contributed by atoms with van der Waals surface area (Å²) in [6.45, 7) is 5.11. The van der Waals surface area contributed by atoms with E-state index in [0.717, 1.165) is 39.1 Å². The molecule has 3 heterocycles. The molecule has 1 spiro atoms. The maximum Gasteiger partial charge on any atom is 0.222 e. The van der Waals surface area contributed by atoms with Crippen LogP contribution < -0.4 is 5.32 Å². The minimum atomic E-state index is 0.332. The average molecular weight is 290 g/mol. The highest BCUT2D eigenvalue weighted by Gasteiger charge is 2.36. The summed E-state index contributed by atoms with van der Waals surface area (Å²) in [7, 11) is 0. The van der Waals surface area contributed by atoms with E-state index in [1.165, 1.54) is 25.7 Å². The minimum absolute atomic E-state index is 0.332. The monoisotopic (exact) mass is 290 g/mol. The summed E-state index contributed by atoms with van der Waals surface area (Å²) in [5.41, 5.74) is 0.527. The van der Waals surface area contributed by atoms with E-state index < -0.39 is 0 Å². The van der Waals surface area contributed by atoms with Gasteiger partial charge in [-0.2, -0.15) is 0 Å². The molecule has 2 saturated heterocycles. The van der Waals surface area contributed by atoms with Gasteiger partial charge in [-0.15, -0.1) is 0 Å². The number of imidazole rings is 1. The Morgan fingerprint density at radius 1 is 1.19 bits per heavy atom. The van der Waals surface area contributed by atoms with Crippen molar-refractivity contribution in [3.63, 3.8) is 0 Å². The van der Waals surface area contributed by atoms with Crippen molar-refractivity contribution in [3.8, 4) is 0 Å². The SMILES string of the molecule is O=C(CCCn1ccnc1)N1CCC2(CCNCC2)CC1. The Kier molecular flexibility index (Phi) is 4.58. The van der Waals surface area contributed by atoms with E-state index in [4.69, 9.17) is 0 Å². The first kappa shape index (κ1) is 14.6. The average Bonchev–Trinajstić information content (AvgIpc) is 3.02. The van der Waals surface area contributed by atoms with Crippen LogP contribution in [0.25, 0.3) is 0 Å². The number of nitrogens with zero attached hydrogens (tertiary/aromatic N) is 3. The number of amides is 1. The first-order chi connectivity index (χ1) is 10.3. The zero-order valence-electron chi connectivity index (χ0n) is 12.8. The van der Waals surface area contributed by atoms with Gasteiger partial charge in [0.15, 0.2) is 0 Å². The fourth-order valence-corrected chi connectivity index (χ4v) is 3.68. The summed E-state index contributed by atoms with van der Waals surface area (Å²) >= 11 is 0. The fourth-order valence-electron chi connectivity index (χ4n) is 3.68. The van der Waals surface area contributed by atoms with Crippen molar-refractivity contribution >= 4 is 5.91 Å². The highest BCUT2D eigenvalue weighted by atomic mass is 16.2. The molecule has 1 N–H and O–H groups in total. The Hall–Kier alpha value is -1.36. The van der Waals surface area contributed by atoms with Crippen LogP contribution in [0.1, 0.15) is 38.5 Å². The second kappa shape index (κ2) is 6.60. The lowest BCUT2D eigenvalue weighted by molar-refractivity contribution is -0.134. The van der Waals surface area contributed by atoms with E-state index in [2.05, 4.69) is 15.2 Å². The van der Waals surface area contributed by atoms with Crippen LogP contribution in [-0.2, 0) is 11.3 Å². The second-order valence-corrected chi connectivity index (χ2v) is 6.53. The van der Waals surface area contributed by atoms with Crippen LogP contribution in [0.15, 0.2) is 18.7 Å². The second-order valence-electron chi connectivity index (χ2n) is 6.53. The van der Waals surface area contributed by atoms with Crippen molar-refractivity contribution in [3.05, 3.63) is 18.7 Å². The zero-order chi connectivity index (χ0) is 14.5. The van der Waals surface area contributed by atoms with Crippen LogP contribution in [0.5, 0.6) is 0 Å². The zero-order valence-corrected chi connectivity index (χ0v) is 12.8. The standard InChI is InChI=1S/C16H26N4O/c21-15(2-1-10-19-13-9-18-14-19)20-11-5-16(6-12-20)3-7-17-8-4-16/h9,13-14,17H,1-8,10-12H2. The number of piperidine rings is 2. The van der Waals surface area contributed by atoms with Gasteiger partial charge in [0.1, 0.15) is 0 Å². The van der Waals surface area contributed by atoms with Gasteiger partial charge in [-0.3, -0.25) is 4.79 Å². The molecule has 2 aliphatic rings. The lowest BCUT2D eigenvalue weighted by Gasteiger charge is -2.44. The number of carbonyl (C=O) groups is 1. The van der Waals surface area contributed by atoms with Crippen molar-refractivity contribution in [2.75, 3.05) is 26.2 Å². The number of carbonyl (C=O) groups excluding carboxylic acids is 1. The molecule has 0 aromatic carbocycles. The molecule has 2 fully saturated rings. The van der Waals surface area contributed by atoms with E-state index in [1.807, 2.05) is 17.1 Å². The minimum Gasteiger partial charge on any atom is -0.343 e. The van der Waals surface area contributed by atoms with E-state index in [-0.39, 0.29) is 0 Å². The van der Waals surface area contributed by atoms with Crippen molar-refractivity contribution in [2.24, 2.45) is 5.41 Å². The topological polar surface area (TPSA) is 50.2 Å². The van der Waals surface area contributed by atoms with Gasteiger partial charge in [-0.25, -0.2) is 4.98 Å². The van der Waals surface area contributed by atoms with Gasteiger partial charge in [0.25, 0.3) is 0 Å². The lowest BCUT2D eigenvalue weighted by atomic mass is 9.71. The third-order valence-electron chi connectivity index (χ3n) is 5.21. The molecule has 21 heavy (non-hydrogen) atoms. The van der Waals surface area contributed by atoms with Crippen molar-refractivity contribution in [1.82, 2.24) is 19.8 Å². The molecular formula is C16H26N4O. The Bertz CT molecular complexity index is 441. The van der Waals surface area contributed by atoms with Gasteiger partial charge in [0.2, 0.25) is 5.91 Å². The van der Waals surface area contributed by atoms with Gasteiger partial charge in [0, 0.05) is 38.4 Å². The van der Waals surface area contributed by atoms with E-state index in [9.17, 15) is 4.79 Å². The van der Waals surface area contributed by atoms with Crippen molar-refractivity contribution in [1.29, 1.82) is 0 Å². The maximum absolute atomic E-state index is 12.3. The molecule has 0 atom stereocenters. The number of nitrogens with one attached hydrogen (secondary N) is 1. The lowest BCUT2D eigenvalue weighted by Crippen LogP contribution is -2.47. The van der Waals surface area contributed by atoms with Crippen molar-refractivity contribution in [2.45, 2.75) is 45.1 Å². The number of rotatable bonds is 4. The van der Waals surface area contributed by atoms with Gasteiger partial charge in [-0.1, -0.05) is 0 Å². The smallest absolute Gasteiger partial charge is 0.222 e. The molecule has 3 rings (SSSR count). The Morgan fingerprint density at radius 3 is 2.62 bits per heavy atom. The highest BCUT2D eigenvalue weighted by molar-refractivity contribution is 5.76. The molecule has 1 aromatic rings. The molecule has 5 nitrogen and oxygen atoms in total. The summed E-state index contributed by atoms with van der Waals surface area (Å²) in [5.74, 6) is 0.332. The van der Waals surface area contributed by atoms with E-state index in [0.29, 0.717) is 17.7 Å². The van der Waals surface area contributed by atoms with Crippen LogP contribution >= 0.6 is 0 Å². The van der Waals surface area contributed by atoms with Crippen LogP contribution in [0.2, 0.25) is 0 Å². The summed E-state index contributed by atoms with van der Waals surface area (Å²) in [6, 6.07) is 0. The summed E-state index contributed by atoms with van der Waals surface area (Å²) in [4.78, 5) is 18.4. The van der Waals surface area contributed by atoms with Gasteiger partial charge >= 0.3 is 0 Å². The first-order valence-corrected chi connectivity index (χ1v) is 8.22. The molecule has 5 heteroatoms. The molecule has 0 aliphatic carbocycles. The number of likely N-dealkylation sites (tertiary alicyclic amines) is 1. The fraction of sp³-hybridized carbons (Fsp3) is 0.750. The third kappa shape index (κ3) is 3.64. The number of aromatic nitrogens is 2. The largest absolute Gasteiger partial charge is 0.343 e. The molecule has 0 unspecified atom stereocenters. The molecular weight excluding hydrogens is 264 g/mol. The summed E-state index contributed by atoms with van der Waals surface area (Å²) in [5, 5.41) is 3.44. The summed E-state index contributed by atoms with van der Waals surface area (Å²) < 4.78 is 2.04. The van der Waals surface area contributed by atoms with Crippen LogP contribution in [-0.4, -0.2) is 46.5 Å². The summed E-state index contributed by atoms with van der Waals surface area (Å²) in [6.07, 6.45) is 12.1. The Balaban J connectivity index is 1.40. The predicted octanol–water partition coefficient (Wildman–Crippen LogP) is 1.66. The van der Waals surface area contributed by atoms with Crippen LogP contribution in [0.4, 0.5) is 0 Å². The Morgan fingerprint density at radius 2 is 1.95 bits per heavy atom. The molecule has 116 valence electrons. The third-order valence-corrected chi connectivity index (χ3v) is 5.21. The highest BCUT2D eigenvalue weighted by Crippen LogP contribution is 2.39. The molecule has 2 aliphatic heterocycles. The molecule has 0 radical (unpaired) electrons. The van der Waals surface area contributed by atoms with Gasteiger partial charge < -0.3 is 14.8 Å². The number of aryl methyl sites for hydroxylation is 1. The van der Waals surface area contributed by atoms with Crippen molar-refractivity contribution < 1.29 is 4.79 Å². The molecule has 1 aromatic heterocycles. The van der Waals surface area contributed by atoms with Gasteiger partial charge in [-0.05, 0) is 50.6 Å². The van der Waals surface area contributed by atoms with E-state index >= 15 is 0 Å². The number of hydrogen-bond acceptors (Lipinski definition) is 3. The molecule has 1 amide bonds. The van der Waals surface area contributed by atoms with Crippen LogP contribution in [0, 0.1) is 5.41 Å². The van der Waals surface area contributed by atoms with E-state index in [1.54, 1.807) is 6.20 Å². The quantitative estimate of drug-likeness (QED) is 0.917. The first-order valence-electron chi connectivity index (χ1n) is 8.22. The van der Waals surface area contributed by atoms with Crippen LogP contribution in [0.3, 0.4) is 0 Å². The Labute approximate surface area is 126 Å². The predicted molar refractivity (Wildman–Crippen MR) is 81.8 cm³/mol. The normalized spacial score (nSPS) is 21.6.